The molecular formula is C35H47N5O8S. The number of aromatic nitrogens is 1. The number of aryl methyl sites for hydroxylation is 1. The van der Waals surface area contributed by atoms with Crippen molar-refractivity contribution in [3.63, 3.8) is 0 Å². The van der Waals surface area contributed by atoms with Crippen molar-refractivity contribution in [3.05, 3.63) is 41.0 Å². The number of benzene rings is 1. The summed E-state index contributed by atoms with van der Waals surface area (Å²) >= 11 is 1.57. The van der Waals surface area contributed by atoms with Gasteiger partial charge in [0, 0.05) is 38.6 Å². The summed E-state index contributed by atoms with van der Waals surface area (Å²) in [6, 6.07) is 5.72. The zero-order valence-electron chi connectivity index (χ0n) is 28.8. The predicted octanol–water partition coefficient (Wildman–Crippen LogP) is 3.74. The minimum Gasteiger partial charge on any atom is -0.391 e. The number of nitrogens with one attached hydrogen (secondary N) is 2. The maximum absolute atomic E-state index is 13.9. The number of hydroxylamine groups is 2. The van der Waals surface area contributed by atoms with Crippen LogP contribution >= 0.6 is 11.3 Å². The monoisotopic (exact) mass is 697 g/mol. The Labute approximate surface area is 290 Å². The number of carbonyl (C=O) groups is 6. The van der Waals surface area contributed by atoms with E-state index in [1.807, 2.05) is 58.9 Å². The van der Waals surface area contributed by atoms with Gasteiger partial charge in [0.15, 0.2) is 0 Å². The number of thiazole rings is 1. The zero-order valence-corrected chi connectivity index (χ0v) is 29.6. The molecule has 0 radical (unpaired) electrons. The smallest absolute Gasteiger partial charge is 0.333 e. The maximum Gasteiger partial charge on any atom is 0.333 e. The molecule has 3 heterocycles. The van der Waals surface area contributed by atoms with Gasteiger partial charge in [-0.05, 0) is 43.2 Å². The van der Waals surface area contributed by atoms with Crippen LogP contribution in [0.5, 0.6) is 0 Å². The van der Waals surface area contributed by atoms with Gasteiger partial charge < -0.3 is 25.5 Å². The summed E-state index contributed by atoms with van der Waals surface area (Å²) in [5.74, 6) is -2.82. The van der Waals surface area contributed by atoms with Crippen molar-refractivity contribution in [1.82, 2.24) is 25.6 Å². The minimum absolute atomic E-state index is 0.0147. The van der Waals surface area contributed by atoms with E-state index in [0.717, 1.165) is 21.7 Å². The quantitative estimate of drug-likeness (QED) is 0.196. The first-order valence-corrected chi connectivity index (χ1v) is 17.7. The van der Waals surface area contributed by atoms with Gasteiger partial charge in [-0.15, -0.1) is 16.4 Å². The third-order valence-electron chi connectivity index (χ3n) is 8.79. The number of hydrogen-bond acceptors (Lipinski definition) is 10. The molecule has 4 atom stereocenters. The van der Waals surface area contributed by atoms with Gasteiger partial charge in [-0.3, -0.25) is 24.0 Å². The fraction of sp³-hybridized carbons (Fsp3) is 0.571. The highest BCUT2D eigenvalue weighted by molar-refractivity contribution is 7.13. The molecule has 2 aliphatic rings. The van der Waals surface area contributed by atoms with E-state index >= 15 is 0 Å². The lowest BCUT2D eigenvalue weighted by Crippen LogP contribution is -2.57. The Morgan fingerprint density at radius 1 is 1.00 bits per heavy atom. The predicted molar refractivity (Wildman–Crippen MR) is 181 cm³/mol. The van der Waals surface area contributed by atoms with E-state index in [2.05, 4.69) is 15.6 Å². The minimum atomic E-state index is -0.924. The van der Waals surface area contributed by atoms with Gasteiger partial charge in [0.1, 0.15) is 12.1 Å². The van der Waals surface area contributed by atoms with E-state index in [9.17, 15) is 33.9 Å². The molecule has 14 heteroatoms. The van der Waals surface area contributed by atoms with E-state index in [1.54, 1.807) is 16.8 Å². The Bertz CT molecular complexity index is 1520. The first-order valence-electron chi connectivity index (χ1n) is 16.8. The molecule has 0 saturated carbocycles. The van der Waals surface area contributed by atoms with E-state index in [0.29, 0.717) is 30.7 Å². The molecule has 1 aromatic carbocycles. The van der Waals surface area contributed by atoms with Crippen molar-refractivity contribution in [1.29, 1.82) is 0 Å². The topological polar surface area (TPSA) is 175 Å². The summed E-state index contributed by atoms with van der Waals surface area (Å²) in [4.78, 5) is 87.1. The molecular weight excluding hydrogens is 650 g/mol. The van der Waals surface area contributed by atoms with Crippen LogP contribution in [0.25, 0.3) is 10.4 Å². The normalized spacial score (nSPS) is 19.1. The van der Waals surface area contributed by atoms with Crippen LogP contribution in [-0.4, -0.2) is 80.3 Å². The number of carbonyl (C=O) groups excluding carboxylic acids is 6. The zero-order chi connectivity index (χ0) is 35.9. The van der Waals surface area contributed by atoms with Crippen molar-refractivity contribution in [2.24, 2.45) is 5.41 Å². The molecule has 0 spiro atoms. The Kier molecular flexibility index (Phi) is 12.7. The number of β-amino-alcohol motifs (C(OH)–C–C–N with tert-alkyl or cyclic N) is 1. The second kappa shape index (κ2) is 16.5. The Morgan fingerprint density at radius 2 is 1.63 bits per heavy atom. The summed E-state index contributed by atoms with van der Waals surface area (Å²) in [6.07, 6.45) is 1.75. The molecule has 2 fully saturated rings. The molecule has 266 valence electrons. The summed E-state index contributed by atoms with van der Waals surface area (Å²) in [5.41, 5.74) is 4.03. The van der Waals surface area contributed by atoms with E-state index < -0.39 is 47.3 Å². The highest BCUT2D eigenvalue weighted by atomic mass is 32.1. The SMILES string of the molecule is Cc1ncsc1-c1ccc([C@H](C)NC(=O)[C@@H]2C[C@@H](O)CN2C(=O)[C@@H](NC(=O)CCCCCCC(=O)ON2C(=O)CCC2=O)C(C)(C)C)cc1. The van der Waals surface area contributed by atoms with Crippen molar-refractivity contribution in [2.75, 3.05) is 6.54 Å². The molecule has 4 rings (SSSR count). The lowest BCUT2D eigenvalue weighted by atomic mass is 9.85. The number of imide groups is 1. The van der Waals surface area contributed by atoms with Gasteiger partial charge >= 0.3 is 5.97 Å². The van der Waals surface area contributed by atoms with Crippen molar-refractivity contribution < 1.29 is 38.7 Å². The highest BCUT2D eigenvalue weighted by Crippen LogP contribution is 2.29. The number of unbranched alkanes of at least 4 members (excludes halogenated alkanes) is 3. The number of likely N-dealkylation sites (tertiary alicyclic amines) is 1. The van der Waals surface area contributed by atoms with E-state index in [1.165, 1.54) is 4.90 Å². The molecule has 0 bridgehead atoms. The third-order valence-corrected chi connectivity index (χ3v) is 9.77. The summed E-state index contributed by atoms with van der Waals surface area (Å²) in [5, 5.41) is 16.9. The Morgan fingerprint density at radius 3 is 2.22 bits per heavy atom. The van der Waals surface area contributed by atoms with Gasteiger partial charge in [-0.1, -0.05) is 57.9 Å². The summed E-state index contributed by atoms with van der Waals surface area (Å²) < 4.78 is 0. The Balaban J connectivity index is 1.26. The standard InChI is InChI=1S/C35H47N5O8S/c1-21(23-12-14-24(15-13-23)31-22(2)36-20-49-31)37-33(46)26-18-25(41)19-39(26)34(47)32(35(3,4)5)38-27(42)10-8-6-7-9-11-30(45)48-40-28(43)16-17-29(40)44/h12-15,20-21,25-26,32,41H,6-11,16-19H2,1-5H3,(H,37,46)(H,38,42)/t21-,25+,26-,32+/m0/s1. The summed E-state index contributed by atoms with van der Waals surface area (Å²) in [6.45, 7) is 9.31. The van der Waals surface area contributed by atoms with Crippen molar-refractivity contribution in [2.45, 2.75) is 117 Å². The van der Waals surface area contributed by atoms with Gasteiger partial charge in [0.2, 0.25) is 17.7 Å². The van der Waals surface area contributed by atoms with Crippen molar-refractivity contribution >= 4 is 46.8 Å². The largest absolute Gasteiger partial charge is 0.391 e. The van der Waals surface area contributed by atoms with Gasteiger partial charge in [-0.2, -0.15) is 0 Å². The molecule has 0 unspecified atom stereocenters. The fourth-order valence-corrected chi connectivity index (χ4v) is 6.77. The number of aliphatic hydroxyl groups excluding tert-OH is 1. The third kappa shape index (κ3) is 9.94. The number of hydrogen-bond donors (Lipinski definition) is 3. The van der Waals surface area contributed by atoms with E-state index in [4.69, 9.17) is 4.84 Å². The second-order valence-corrected chi connectivity index (χ2v) is 14.7. The van der Waals surface area contributed by atoms with Crippen molar-refractivity contribution in [3.8, 4) is 10.4 Å². The van der Waals surface area contributed by atoms with Crippen LogP contribution in [0.3, 0.4) is 0 Å². The first kappa shape index (κ1) is 37.6. The number of amides is 5. The molecule has 2 aliphatic heterocycles. The van der Waals surface area contributed by atoms with Crippen LogP contribution in [-0.2, 0) is 33.6 Å². The van der Waals surface area contributed by atoms with Gasteiger partial charge in [0.05, 0.1) is 28.2 Å². The summed E-state index contributed by atoms with van der Waals surface area (Å²) in [7, 11) is 0. The molecule has 2 aromatic rings. The highest BCUT2D eigenvalue weighted by Gasteiger charge is 2.44. The van der Waals surface area contributed by atoms with Gasteiger partial charge in [0.25, 0.3) is 11.8 Å². The lowest BCUT2D eigenvalue weighted by molar-refractivity contribution is -0.197. The van der Waals surface area contributed by atoms with Gasteiger partial charge in [-0.25, -0.2) is 9.78 Å². The van der Waals surface area contributed by atoms with E-state index in [-0.39, 0.29) is 56.5 Å². The van der Waals surface area contributed by atoms with Crippen LogP contribution in [0.2, 0.25) is 0 Å². The molecule has 13 nitrogen and oxygen atoms in total. The van der Waals surface area contributed by atoms with Crippen LogP contribution in [0.1, 0.15) is 103 Å². The Hall–Kier alpha value is -4.17. The fourth-order valence-electron chi connectivity index (χ4n) is 5.96. The molecule has 49 heavy (non-hydrogen) atoms. The molecule has 1 aromatic heterocycles. The van der Waals surface area contributed by atoms with Crippen LogP contribution in [0.15, 0.2) is 29.8 Å². The molecule has 2 saturated heterocycles. The average Bonchev–Trinajstić information content (AvgIpc) is 3.75. The number of rotatable bonds is 14. The average molecular weight is 698 g/mol. The van der Waals surface area contributed by atoms with Crippen LogP contribution in [0, 0.1) is 12.3 Å². The number of nitrogens with zero attached hydrogens (tertiary/aromatic N) is 3. The molecule has 5 amide bonds. The maximum atomic E-state index is 13.9. The lowest BCUT2D eigenvalue weighted by Gasteiger charge is -2.35. The molecule has 0 aliphatic carbocycles. The second-order valence-electron chi connectivity index (χ2n) is 13.8. The van der Waals surface area contributed by atoms with Crippen LogP contribution < -0.4 is 10.6 Å². The van der Waals surface area contributed by atoms with Crippen LogP contribution in [0.4, 0.5) is 0 Å². The number of aliphatic hydroxyl groups is 1. The first-order chi connectivity index (χ1) is 23.1. The molecule has 3 N–H and O–H groups in total.